The molecule has 1 aromatic carbocycles. The van der Waals surface area contributed by atoms with E-state index in [0.717, 1.165) is 0 Å². The van der Waals surface area contributed by atoms with E-state index in [1.54, 1.807) is 19.9 Å². The monoisotopic (exact) mass is 298 g/mol. The van der Waals surface area contributed by atoms with Gasteiger partial charge in [-0.1, -0.05) is 0 Å². The van der Waals surface area contributed by atoms with E-state index in [2.05, 4.69) is 4.72 Å². The zero-order valence-electron chi connectivity index (χ0n) is 11.7. The van der Waals surface area contributed by atoms with Crippen LogP contribution in [0.5, 0.6) is 5.75 Å². The highest BCUT2D eigenvalue weighted by Crippen LogP contribution is 2.33. The number of carbonyl (C=O) groups is 1. The van der Waals surface area contributed by atoms with Crippen LogP contribution >= 0.6 is 0 Å². The highest BCUT2D eigenvalue weighted by Gasteiger charge is 2.26. The minimum atomic E-state index is -3.59. The molecule has 1 aliphatic heterocycles. The van der Waals surface area contributed by atoms with Gasteiger partial charge in [-0.3, -0.25) is 4.79 Å². The number of carbonyl (C=O) groups excluding carboxylic acids is 1. The van der Waals surface area contributed by atoms with Crippen molar-refractivity contribution >= 4 is 21.6 Å². The summed E-state index contributed by atoms with van der Waals surface area (Å²) in [5.41, 5.74) is 0.496. The molecule has 0 fully saturated rings. The van der Waals surface area contributed by atoms with Crippen LogP contribution in [0.15, 0.2) is 23.1 Å². The Morgan fingerprint density at radius 1 is 1.40 bits per heavy atom. The molecule has 110 valence electrons. The molecule has 7 heteroatoms. The zero-order chi connectivity index (χ0) is 14.9. The SMILES string of the molecule is CCN1C(=O)COc2ccc(S(=O)(=O)NC(C)C)cc21. The van der Waals surface area contributed by atoms with Crippen molar-refractivity contribution in [2.45, 2.75) is 31.7 Å². The summed E-state index contributed by atoms with van der Waals surface area (Å²) in [5.74, 6) is 0.348. The van der Waals surface area contributed by atoms with Crippen molar-refractivity contribution in [3.8, 4) is 5.75 Å². The lowest BCUT2D eigenvalue weighted by atomic mass is 10.2. The quantitative estimate of drug-likeness (QED) is 0.903. The van der Waals surface area contributed by atoms with Gasteiger partial charge in [-0.2, -0.15) is 0 Å². The summed E-state index contributed by atoms with van der Waals surface area (Å²) < 4.78 is 32.1. The van der Waals surface area contributed by atoms with Crippen molar-refractivity contribution in [1.82, 2.24) is 4.72 Å². The number of nitrogens with one attached hydrogen (secondary N) is 1. The van der Waals surface area contributed by atoms with E-state index in [0.29, 0.717) is 18.0 Å². The number of hydrogen-bond acceptors (Lipinski definition) is 4. The summed E-state index contributed by atoms with van der Waals surface area (Å²) in [5, 5.41) is 0. The first kappa shape index (κ1) is 14.8. The summed E-state index contributed by atoms with van der Waals surface area (Å²) in [6, 6.07) is 4.34. The Bertz CT molecular complexity index is 625. The third-order valence-electron chi connectivity index (χ3n) is 2.89. The lowest BCUT2D eigenvalue weighted by Gasteiger charge is -2.28. The molecule has 0 unspecified atom stereocenters. The molecule has 0 aliphatic carbocycles. The second-order valence-electron chi connectivity index (χ2n) is 4.83. The van der Waals surface area contributed by atoms with E-state index >= 15 is 0 Å². The third kappa shape index (κ3) is 2.78. The summed E-state index contributed by atoms with van der Waals surface area (Å²) in [6.07, 6.45) is 0. The van der Waals surface area contributed by atoms with E-state index in [1.165, 1.54) is 17.0 Å². The second-order valence-corrected chi connectivity index (χ2v) is 6.55. The molecular weight excluding hydrogens is 280 g/mol. The molecule has 2 rings (SSSR count). The van der Waals surface area contributed by atoms with Crippen molar-refractivity contribution in [3.05, 3.63) is 18.2 Å². The molecule has 1 aliphatic rings. The van der Waals surface area contributed by atoms with Gasteiger partial charge < -0.3 is 9.64 Å². The van der Waals surface area contributed by atoms with Crippen LogP contribution in [-0.2, 0) is 14.8 Å². The molecular formula is C13H18N2O4S. The molecule has 6 nitrogen and oxygen atoms in total. The fraction of sp³-hybridized carbons (Fsp3) is 0.462. The molecule has 0 atom stereocenters. The average molecular weight is 298 g/mol. The molecule has 0 bridgehead atoms. The van der Waals surface area contributed by atoms with Crippen LogP contribution in [0.3, 0.4) is 0 Å². The van der Waals surface area contributed by atoms with Crippen molar-refractivity contribution in [2.75, 3.05) is 18.1 Å². The molecule has 0 spiro atoms. The molecule has 1 amide bonds. The maximum atomic E-state index is 12.1. The van der Waals surface area contributed by atoms with Gasteiger partial charge in [0.15, 0.2) is 6.61 Å². The summed E-state index contributed by atoms with van der Waals surface area (Å²) in [4.78, 5) is 13.4. The number of sulfonamides is 1. The number of fused-ring (bicyclic) bond motifs is 1. The largest absolute Gasteiger partial charge is 0.482 e. The molecule has 0 saturated carbocycles. The number of amides is 1. The fourth-order valence-electron chi connectivity index (χ4n) is 2.07. The van der Waals surface area contributed by atoms with Crippen LogP contribution in [0.1, 0.15) is 20.8 Å². The molecule has 1 heterocycles. The van der Waals surface area contributed by atoms with E-state index in [1.807, 2.05) is 6.92 Å². The van der Waals surface area contributed by atoms with Gasteiger partial charge in [-0.05, 0) is 39.0 Å². The van der Waals surface area contributed by atoms with Gasteiger partial charge in [0.1, 0.15) is 5.75 Å². The highest BCUT2D eigenvalue weighted by atomic mass is 32.2. The third-order valence-corrected chi connectivity index (χ3v) is 4.55. The second kappa shape index (κ2) is 5.41. The number of rotatable bonds is 4. The number of benzene rings is 1. The number of hydrogen-bond donors (Lipinski definition) is 1. The van der Waals surface area contributed by atoms with Crippen LogP contribution in [0, 0.1) is 0 Å². The van der Waals surface area contributed by atoms with Gasteiger partial charge in [-0.25, -0.2) is 13.1 Å². The smallest absolute Gasteiger partial charge is 0.265 e. The summed E-state index contributed by atoms with van der Waals surface area (Å²) in [6.45, 7) is 5.79. The average Bonchev–Trinajstić information content (AvgIpc) is 2.36. The first-order valence-electron chi connectivity index (χ1n) is 6.44. The molecule has 1 aromatic rings. The minimum absolute atomic E-state index is 0.0167. The van der Waals surface area contributed by atoms with Gasteiger partial charge in [0.25, 0.3) is 5.91 Å². The van der Waals surface area contributed by atoms with Crippen molar-refractivity contribution in [1.29, 1.82) is 0 Å². The number of nitrogens with zero attached hydrogens (tertiary/aromatic N) is 1. The number of ether oxygens (including phenoxy) is 1. The Morgan fingerprint density at radius 3 is 2.70 bits per heavy atom. The first-order valence-corrected chi connectivity index (χ1v) is 7.93. The number of anilines is 1. The van der Waals surface area contributed by atoms with E-state index in [-0.39, 0.29) is 23.5 Å². The fourth-order valence-corrected chi connectivity index (χ4v) is 3.34. The van der Waals surface area contributed by atoms with E-state index < -0.39 is 10.0 Å². The maximum Gasteiger partial charge on any atom is 0.265 e. The normalized spacial score (nSPS) is 15.2. The van der Waals surface area contributed by atoms with Crippen LogP contribution < -0.4 is 14.4 Å². The van der Waals surface area contributed by atoms with Gasteiger partial charge in [-0.15, -0.1) is 0 Å². The Kier molecular flexibility index (Phi) is 4.01. The van der Waals surface area contributed by atoms with Crippen molar-refractivity contribution < 1.29 is 17.9 Å². The topological polar surface area (TPSA) is 75.7 Å². The van der Waals surface area contributed by atoms with Gasteiger partial charge in [0, 0.05) is 12.6 Å². The predicted octanol–water partition coefficient (Wildman–Crippen LogP) is 1.12. The van der Waals surface area contributed by atoms with Crippen LogP contribution in [0.4, 0.5) is 5.69 Å². The summed E-state index contributed by atoms with van der Waals surface area (Å²) >= 11 is 0. The van der Waals surface area contributed by atoms with Gasteiger partial charge in [0.2, 0.25) is 10.0 Å². The lowest BCUT2D eigenvalue weighted by Crippen LogP contribution is -2.38. The number of likely N-dealkylation sites (N-methyl/N-ethyl adjacent to an activating group) is 1. The predicted molar refractivity (Wildman–Crippen MR) is 75.4 cm³/mol. The zero-order valence-corrected chi connectivity index (χ0v) is 12.5. The molecule has 0 radical (unpaired) electrons. The van der Waals surface area contributed by atoms with Gasteiger partial charge in [0.05, 0.1) is 10.6 Å². The Hall–Kier alpha value is -1.60. The van der Waals surface area contributed by atoms with Crippen LogP contribution in [0.25, 0.3) is 0 Å². The lowest BCUT2D eigenvalue weighted by molar-refractivity contribution is -0.121. The van der Waals surface area contributed by atoms with E-state index in [4.69, 9.17) is 4.74 Å². The Morgan fingerprint density at radius 2 is 2.10 bits per heavy atom. The minimum Gasteiger partial charge on any atom is -0.482 e. The van der Waals surface area contributed by atoms with Crippen molar-refractivity contribution in [3.63, 3.8) is 0 Å². The summed E-state index contributed by atoms with van der Waals surface area (Å²) in [7, 11) is -3.59. The Balaban J connectivity index is 2.45. The van der Waals surface area contributed by atoms with Crippen molar-refractivity contribution in [2.24, 2.45) is 0 Å². The van der Waals surface area contributed by atoms with Gasteiger partial charge >= 0.3 is 0 Å². The maximum absolute atomic E-state index is 12.1. The first-order chi connectivity index (χ1) is 9.35. The highest BCUT2D eigenvalue weighted by molar-refractivity contribution is 7.89. The standard InChI is InChI=1S/C13H18N2O4S/c1-4-15-11-7-10(20(17,18)14-9(2)3)5-6-12(11)19-8-13(15)16/h5-7,9,14H,4,8H2,1-3H3. The Labute approximate surface area is 118 Å². The molecule has 0 saturated heterocycles. The molecule has 0 aromatic heterocycles. The molecule has 1 N–H and O–H groups in total. The van der Waals surface area contributed by atoms with Crippen LogP contribution in [0.2, 0.25) is 0 Å². The molecule has 20 heavy (non-hydrogen) atoms. The van der Waals surface area contributed by atoms with E-state index in [9.17, 15) is 13.2 Å². The van der Waals surface area contributed by atoms with Crippen LogP contribution in [-0.4, -0.2) is 33.5 Å².